The number of hydrogen-bond donors (Lipinski definition) is 2. The number of nitrogens with one attached hydrogen (secondary N) is 1. The number of anilines is 1. The fraction of sp³-hybridized carbons (Fsp3) is 0.286. The summed E-state index contributed by atoms with van der Waals surface area (Å²) < 4.78 is 1.73. The standard InChI is InChI=1S/C14H18N4O/c1-2-18-10-12(9-17-18)14(19)16-8-7-11-3-5-13(15)6-4-11/h3-6,9-10H,2,7-8,15H2,1H3,(H,16,19). The van der Waals surface area contributed by atoms with Gasteiger partial charge in [-0.1, -0.05) is 12.1 Å². The van der Waals surface area contributed by atoms with Crippen molar-refractivity contribution < 1.29 is 4.79 Å². The summed E-state index contributed by atoms with van der Waals surface area (Å²) in [5.74, 6) is -0.0878. The van der Waals surface area contributed by atoms with Crippen LogP contribution in [0, 0.1) is 0 Å². The van der Waals surface area contributed by atoms with Gasteiger partial charge in [-0.25, -0.2) is 0 Å². The number of carbonyl (C=O) groups excluding carboxylic acids is 1. The molecule has 1 aromatic heterocycles. The Balaban J connectivity index is 1.82. The Kier molecular flexibility index (Phi) is 4.18. The fourth-order valence-corrected chi connectivity index (χ4v) is 1.76. The van der Waals surface area contributed by atoms with Gasteiger partial charge < -0.3 is 11.1 Å². The Morgan fingerprint density at radius 2 is 2.11 bits per heavy atom. The number of aromatic nitrogens is 2. The van der Waals surface area contributed by atoms with Crippen LogP contribution in [0.25, 0.3) is 0 Å². The molecule has 5 nitrogen and oxygen atoms in total. The van der Waals surface area contributed by atoms with Gasteiger partial charge in [0.25, 0.3) is 5.91 Å². The molecule has 0 radical (unpaired) electrons. The molecule has 2 rings (SSSR count). The molecular formula is C14H18N4O. The molecule has 0 aliphatic carbocycles. The van der Waals surface area contributed by atoms with Gasteiger partial charge in [-0.3, -0.25) is 9.48 Å². The highest BCUT2D eigenvalue weighted by molar-refractivity contribution is 5.93. The van der Waals surface area contributed by atoms with Crippen LogP contribution in [0.15, 0.2) is 36.7 Å². The summed E-state index contributed by atoms with van der Waals surface area (Å²) in [4.78, 5) is 11.8. The van der Waals surface area contributed by atoms with Gasteiger partial charge in [-0.2, -0.15) is 5.10 Å². The molecule has 19 heavy (non-hydrogen) atoms. The first-order valence-corrected chi connectivity index (χ1v) is 6.34. The molecule has 5 heteroatoms. The van der Waals surface area contributed by atoms with E-state index in [0.717, 1.165) is 24.2 Å². The summed E-state index contributed by atoms with van der Waals surface area (Å²) in [5, 5.41) is 6.95. The molecule has 0 spiro atoms. The normalized spacial score (nSPS) is 10.4. The van der Waals surface area contributed by atoms with Gasteiger partial charge in [0.15, 0.2) is 0 Å². The van der Waals surface area contributed by atoms with Crippen molar-refractivity contribution in [3.8, 4) is 0 Å². The Hall–Kier alpha value is -2.30. The number of rotatable bonds is 5. The van der Waals surface area contributed by atoms with E-state index in [1.165, 1.54) is 0 Å². The van der Waals surface area contributed by atoms with Gasteiger partial charge in [0.1, 0.15) is 0 Å². The van der Waals surface area contributed by atoms with Crippen molar-refractivity contribution in [1.82, 2.24) is 15.1 Å². The van der Waals surface area contributed by atoms with E-state index in [1.54, 1.807) is 17.1 Å². The Labute approximate surface area is 112 Å². The first kappa shape index (κ1) is 13.1. The number of nitrogens with two attached hydrogens (primary N) is 1. The van der Waals surface area contributed by atoms with Crippen LogP contribution in [-0.4, -0.2) is 22.2 Å². The Morgan fingerprint density at radius 1 is 1.37 bits per heavy atom. The molecule has 0 aliphatic heterocycles. The summed E-state index contributed by atoms with van der Waals surface area (Å²) in [7, 11) is 0. The number of hydrogen-bond acceptors (Lipinski definition) is 3. The molecule has 0 atom stereocenters. The summed E-state index contributed by atoms with van der Waals surface area (Å²) in [6.45, 7) is 3.34. The van der Waals surface area contributed by atoms with Crippen molar-refractivity contribution in [3.05, 3.63) is 47.8 Å². The summed E-state index contributed by atoms with van der Waals surface area (Å²) in [6, 6.07) is 7.66. The van der Waals surface area contributed by atoms with Crippen LogP contribution in [0.4, 0.5) is 5.69 Å². The van der Waals surface area contributed by atoms with Crippen LogP contribution in [0.3, 0.4) is 0 Å². The van der Waals surface area contributed by atoms with Gasteiger partial charge >= 0.3 is 0 Å². The minimum Gasteiger partial charge on any atom is -0.399 e. The minimum absolute atomic E-state index is 0.0878. The van der Waals surface area contributed by atoms with Crippen molar-refractivity contribution in [1.29, 1.82) is 0 Å². The number of amides is 1. The van der Waals surface area contributed by atoms with Gasteiger partial charge in [-0.05, 0) is 31.0 Å². The molecule has 0 saturated heterocycles. The van der Waals surface area contributed by atoms with Crippen LogP contribution in [0.5, 0.6) is 0 Å². The SMILES string of the molecule is CCn1cc(C(=O)NCCc2ccc(N)cc2)cn1. The average molecular weight is 258 g/mol. The third kappa shape index (κ3) is 3.58. The fourth-order valence-electron chi connectivity index (χ4n) is 1.76. The van der Waals surface area contributed by atoms with E-state index in [1.807, 2.05) is 31.2 Å². The van der Waals surface area contributed by atoms with Crippen molar-refractivity contribution in [3.63, 3.8) is 0 Å². The predicted octanol–water partition coefficient (Wildman–Crippen LogP) is 1.46. The minimum atomic E-state index is -0.0878. The lowest BCUT2D eigenvalue weighted by Crippen LogP contribution is -2.25. The van der Waals surface area contributed by atoms with Crippen molar-refractivity contribution >= 4 is 11.6 Å². The van der Waals surface area contributed by atoms with E-state index < -0.39 is 0 Å². The van der Waals surface area contributed by atoms with Gasteiger partial charge in [0.05, 0.1) is 11.8 Å². The van der Waals surface area contributed by atoms with E-state index in [0.29, 0.717) is 12.1 Å². The smallest absolute Gasteiger partial charge is 0.254 e. The van der Waals surface area contributed by atoms with Crippen LogP contribution >= 0.6 is 0 Å². The zero-order chi connectivity index (χ0) is 13.7. The van der Waals surface area contributed by atoms with E-state index in [4.69, 9.17) is 5.73 Å². The lowest BCUT2D eigenvalue weighted by Gasteiger charge is -2.04. The van der Waals surface area contributed by atoms with Gasteiger partial charge in [0, 0.05) is 25.0 Å². The van der Waals surface area contributed by atoms with Crippen molar-refractivity contribution in [2.45, 2.75) is 19.9 Å². The van der Waals surface area contributed by atoms with Crippen LogP contribution in [0.2, 0.25) is 0 Å². The second-order valence-electron chi connectivity index (χ2n) is 4.33. The molecule has 100 valence electrons. The van der Waals surface area contributed by atoms with Gasteiger partial charge in [-0.15, -0.1) is 0 Å². The third-order valence-corrected chi connectivity index (χ3v) is 2.90. The quantitative estimate of drug-likeness (QED) is 0.797. The van der Waals surface area contributed by atoms with Crippen molar-refractivity contribution in [2.75, 3.05) is 12.3 Å². The second kappa shape index (κ2) is 6.04. The van der Waals surface area contributed by atoms with Crippen LogP contribution in [0.1, 0.15) is 22.8 Å². The van der Waals surface area contributed by atoms with Crippen LogP contribution < -0.4 is 11.1 Å². The summed E-state index contributed by atoms with van der Waals surface area (Å²) in [6.07, 6.45) is 4.12. The topological polar surface area (TPSA) is 72.9 Å². The maximum atomic E-state index is 11.8. The maximum Gasteiger partial charge on any atom is 0.254 e. The van der Waals surface area contributed by atoms with E-state index >= 15 is 0 Å². The zero-order valence-electron chi connectivity index (χ0n) is 11.0. The molecule has 1 heterocycles. The average Bonchev–Trinajstić information content (AvgIpc) is 2.90. The monoisotopic (exact) mass is 258 g/mol. The van der Waals surface area contributed by atoms with E-state index in [-0.39, 0.29) is 5.91 Å². The molecule has 0 saturated carbocycles. The van der Waals surface area contributed by atoms with E-state index in [9.17, 15) is 4.79 Å². The van der Waals surface area contributed by atoms with Gasteiger partial charge in [0.2, 0.25) is 0 Å². The third-order valence-electron chi connectivity index (χ3n) is 2.90. The molecule has 0 bridgehead atoms. The molecule has 0 unspecified atom stereocenters. The first-order valence-electron chi connectivity index (χ1n) is 6.34. The van der Waals surface area contributed by atoms with E-state index in [2.05, 4.69) is 10.4 Å². The number of carbonyl (C=O) groups is 1. The number of nitrogen functional groups attached to an aromatic ring is 1. The Bertz CT molecular complexity index is 545. The van der Waals surface area contributed by atoms with Crippen LogP contribution in [-0.2, 0) is 13.0 Å². The lowest BCUT2D eigenvalue weighted by molar-refractivity contribution is 0.0954. The highest BCUT2D eigenvalue weighted by Gasteiger charge is 2.07. The maximum absolute atomic E-state index is 11.8. The highest BCUT2D eigenvalue weighted by Crippen LogP contribution is 2.05. The second-order valence-corrected chi connectivity index (χ2v) is 4.33. The lowest BCUT2D eigenvalue weighted by atomic mass is 10.1. The number of nitrogens with zero attached hydrogens (tertiary/aromatic N) is 2. The summed E-state index contributed by atoms with van der Waals surface area (Å²) in [5.41, 5.74) is 8.11. The zero-order valence-corrected chi connectivity index (χ0v) is 11.0. The molecular weight excluding hydrogens is 240 g/mol. The molecule has 0 fully saturated rings. The highest BCUT2D eigenvalue weighted by atomic mass is 16.1. The Morgan fingerprint density at radius 3 is 2.74 bits per heavy atom. The molecule has 1 amide bonds. The summed E-state index contributed by atoms with van der Waals surface area (Å²) >= 11 is 0. The molecule has 1 aromatic carbocycles. The number of benzene rings is 1. The van der Waals surface area contributed by atoms with Crippen molar-refractivity contribution in [2.24, 2.45) is 0 Å². The molecule has 3 N–H and O–H groups in total. The number of aryl methyl sites for hydroxylation is 1. The molecule has 0 aliphatic rings. The predicted molar refractivity (Wildman–Crippen MR) is 74.8 cm³/mol. The molecule has 2 aromatic rings. The largest absolute Gasteiger partial charge is 0.399 e. The first-order chi connectivity index (χ1) is 9.19.